The SMILES string of the molecule is CCOc1cccc(C(=O)NC(=S)Nc2cc(Br)c(O)c(Br)c2)c1. The summed E-state index contributed by atoms with van der Waals surface area (Å²) in [4.78, 5) is 12.2. The van der Waals surface area contributed by atoms with Gasteiger partial charge in [-0.2, -0.15) is 0 Å². The molecule has 0 radical (unpaired) electrons. The van der Waals surface area contributed by atoms with Crippen LogP contribution in [0.15, 0.2) is 45.3 Å². The number of phenolic OH excluding ortho intramolecular Hbond substituents is 1. The number of hydrogen-bond acceptors (Lipinski definition) is 4. The van der Waals surface area contributed by atoms with Crippen LogP contribution in [0.2, 0.25) is 0 Å². The topological polar surface area (TPSA) is 70.6 Å². The highest BCUT2D eigenvalue weighted by Crippen LogP contribution is 2.35. The minimum absolute atomic E-state index is 0.0863. The first-order chi connectivity index (χ1) is 11.4. The van der Waals surface area contributed by atoms with E-state index in [9.17, 15) is 9.90 Å². The van der Waals surface area contributed by atoms with E-state index < -0.39 is 0 Å². The van der Waals surface area contributed by atoms with Crippen LogP contribution < -0.4 is 15.4 Å². The van der Waals surface area contributed by atoms with Crippen LogP contribution in [-0.2, 0) is 0 Å². The predicted molar refractivity (Wildman–Crippen MR) is 105 cm³/mol. The number of rotatable bonds is 4. The lowest BCUT2D eigenvalue weighted by atomic mass is 10.2. The van der Waals surface area contributed by atoms with Crippen molar-refractivity contribution in [3.63, 3.8) is 0 Å². The molecule has 2 rings (SSSR count). The average molecular weight is 474 g/mol. The highest BCUT2D eigenvalue weighted by atomic mass is 79.9. The van der Waals surface area contributed by atoms with Crippen molar-refractivity contribution in [3.05, 3.63) is 50.9 Å². The third-order valence-electron chi connectivity index (χ3n) is 2.91. The number of benzene rings is 2. The van der Waals surface area contributed by atoms with Gasteiger partial charge in [0.05, 0.1) is 15.6 Å². The number of nitrogens with one attached hydrogen (secondary N) is 2. The Kier molecular flexibility index (Phi) is 6.59. The second-order valence-corrected chi connectivity index (χ2v) is 6.77. The molecule has 0 aromatic heterocycles. The fourth-order valence-electron chi connectivity index (χ4n) is 1.87. The van der Waals surface area contributed by atoms with E-state index >= 15 is 0 Å². The number of carbonyl (C=O) groups is 1. The van der Waals surface area contributed by atoms with Crippen LogP contribution in [0.3, 0.4) is 0 Å². The van der Waals surface area contributed by atoms with Crippen LogP contribution in [-0.4, -0.2) is 22.7 Å². The lowest BCUT2D eigenvalue weighted by Gasteiger charge is -2.12. The zero-order valence-corrected chi connectivity index (χ0v) is 16.6. The lowest BCUT2D eigenvalue weighted by Crippen LogP contribution is -2.34. The number of phenols is 1. The molecular weight excluding hydrogens is 460 g/mol. The minimum Gasteiger partial charge on any atom is -0.506 e. The molecule has 0 saturated heterocycles. The number of halogens is 2. The van der Waals surface area contributed by atoms with Gasteiger partial charge in [0, 0.05) is 11.3 Å². The summed E-state index contributed by atoms with van der Waals surface area (Å²) in [6.45, 7) is 2.40. The van der Waals surface area contributed by atoms with Gasteiger partial charge in [-0.15, -0.1) is 0 Å². The van der Waals surface area contributed by atoms with Crippen molar-refractivity contribution < 1.29 is 14.6 Å². The van der Waals surface area contributed by atoms with Crippen molar-refractivity contribution in [3.8, 4) is 11.5 Å². The molecule has 0 heterocycles. The number of carbonyl (C=O) groups excluding carboxylic acids is 1. The van der Waals surface area contributed by atoms with E-state index in [2.05, 4.69) is 42.5 Å². The third-order valence-corrected chi connectivity index (χ3v) is 4.32. The van der Waals surface area contributed by atoms with Gasteiger partial charge in [-0.1, -0.05) is 6.07 Å². The van der Waals surface area contributed by atoms with Crippen LogP contribution in [0.5, 0.6) is 11.5 Å². The summed E-state index contributed by atoms with van der Waals surface area (Å²) >= 11 is 11.6. The summed E-state index contributed by atoms with van der Waals surface area (Å²) in [5.74, 6) is 0.365. The summed E-state index contributed by atoms with van der Waals surface area (Å²) in [6.07, 6.45) is 0. The fourth-order valence-corrected chi connectivity index (χ4v) is 3.27. The van der Waals surface area contributed by atoms with Gasteiger partial charge in [0.15, 0.2) is 5.11 Å². The van der Waals surface area contributed by atoms with Crippen LogP contribution >= 0.6 is 44.1 Å². The molecule has 0 atom stereocenters. The van der Waals surface area contributed by atoms with E-state index in [1.54, 1.807) is 36.4 Å². The molecule has 0 aliphatic heterocycles. The molecular formula is C16H14Br2N2O3S. The van der Waals surface area contributed by atoms with Crippen molar-refractivity contribution in [1.29, 1.82) is 0 Å². The summed E-state index contributed by atoms with van der Waals surface area (Å²) in [6, 6.07) is 10.1. The molecule has 8 heteroatoms. The largest absolute Gasteiger partial charge is 0.506 e. The monoisotopic (exact) mass is 472 g/mol. The minimum atomic E-state index is -0.342. The zero-order chi connectivity index (χ0) is 17.7. The van der Waals surface area contributed by atoms with Crippen molar-refractivity contribution >= 4 is 60.8 Å². The molecule has 24 heavy (non-hydrogen) atoms. The van der Waals surface area contributed by atoms with Gasteiger partial charge >= 0.3 is 0 Å². The Bertz CT molecular complexity index is 761. The normalized spacial score (nSPS) is 10.1. The standard InChI is InChI=1S/C16H14Br2N2O3S/c1-2-23-11-5-3-4-9(6-11)15(22)20-16(24)19-10-7-12(17)14(21)13(18)8-10/h3-8,21H,2H2,1H3,(H2,19,20,22,24). The Morgan fingerprint density at radius 2 is 1.92 bits per heavy atom. The Morgan fingerprint density at radius 3 is 2.54 bits per heavy atom. The number of hydrogen-bond donors (Lipinski definition) is 3. The predicted octanol–water partition coefficient (Wildman–Crippen LogP) is 4.44. The van der Waals surface area contributed by atoms with E-state index in [0.717, 1.165) is 0 Å². The quantitative estimate of drug-likeness (QED) is 0.452. The van der Waals surface area contributed by atoms with Crippen molar-refractivity contribution in [1.82, 2.24) is 5.32 Å². The van der Waals surface area contributed by atoms with Gasteiger partial charge in [0.2, 0.25) is 0 Å². The molecule has 0 fully saturated rings. The maximum atomic E-state index is 12.2. The van der Waals surface area contributed by atoms with Crippen LogP contribution in [0, 0.1) is 0 Å². The van der Waals surface area contributed by atoms with E-state index in [1.807, 2.05) is 6.92 Å². The lowest BCUT2D eigenvalue weighted by molar-refractivity contribution is 0.0977. The first-order valence-electron chi connectivity index (χ1n) is 6.94. The summed E-state index contributed by atoms with van der Waals surface area (Å²) in [5.41, 5.74) is 1.05. The van der Waals surface area contributed by atoms with Crippen LogP contribution in [0.4, 0.5) is 5.69 Å². The number of ether oxygens (including phenoxy) is 1. The van der Waals surface area contributed by atoms with Crippen molar-refractivity contribution in [2.75, 3.05) is 11.9 Å². The Morgan fingerprint density at radius 1 is 1.25 bits per heavy atom. The van der Waals surface area contributed by atoms with E-state index in [0.29, 0.717) is 32.6 Å². The molecule has 5 nitrogen and oxygen atoms in total. The first kappa shape index (κ1) is 18.7. The molecule has 2 aromatic rings. The first-order valence-corrected chi connectivity index (χ1v) is 8.93. The second-order valence-electron chi connectivity index (χ2n) is 4.66. The molecule has 0 spiro atoms. The van der Waals surface area contributed by atoms with Crippen molar-refractivity contribution in [2.24, 2.45) is 0 Å². The van der Waals surface area contributed by atoms with E-state index in [4.69, 9.17) is 17.0 Å². The molecule has 0 saturated carbocycles. The number of anilines is 1. The molecule has 126 valence electrons. The summed E-state index contributed by atoms with van der Waals surface area (Å²) < 4.78 is 6.37. The summed E-state index contributed by atoms with van der Waals surface area (Å²) in [5, 5.41) is 15.3. The van der Waals surface area contributed by atoms with Gasteiger partial charge in [0.1, 0.15) is 11.5 Å². The Balaban J connectivity index is 2.04. The molecule has 0 bridgehead atoms. The maximum absolute atomic E-state index is 12.2. The second kappa shape index (κ2) is 8.46. The van der Waals surface area contributed by atoms with Gasteiger partial charge in [-0.05, 0) is 81.3 Å². The van der Waals surface area contributed by atoms with Gasteiger partial charge < -0.3 is 15.2 Å². The van der Waals surface area contributed by atoms with Crippen LogP contribution in [0.25, 0.3) is 0 Å². The molecule has 0 unspecified atom stereocenters. The van der Waals surface area contributed by atoms with Gasteiger partial charge in [0.25, 0.3) is 5.91 Å². The average Bonchev–Trinajstić information content (AvgIpc) is 2.53. The fraction of sp³-hybridized carbons (Fsp3) is 0.125. The van der Waals surface area contributed by atoms with E-state index in [1.165, 1.54) is 0 Å². The molecule has 3 N–H and O–H groups in total. The maximum Gasteiger partial charge on any atom is 0.257 e. The third kappa shape index (κ3) is 4.93. The van der Waals surface area contributed by atoms with Crippen LogP contribution in [0.1, 0.15) is 17.3 Å². The number of aromatic hydroxyl groups is 1. The molecule has 0 aliphatic rings. The highest BCUT2D eigenvalue weighted by Gasteiger charge is 2.11. The van der Waals surface area contributed by atoms with Crippen molar-refractivity contribution in [2.45, 2.75) is 6.92 Å². The Hall–Kier alpha value is -1.64. The molecule has 0 aliphatic carbocycles. The van der Waals surface area contributed by atoms with Gasteiger partial charge in [-0.25, -0.2) is 0 Å². The smallest absolute Gasteiger partial charge is 0.257 e. The summed E-state index contributed by atoms with van der Waals surface area (Å²) in [7, 11) is 0. The highest BCUT2D eigenvalue weighted by molar-refractivity contribution is 9.11. The number of amides is 1. The van der Waals surface area contributed by atoms with E-state index in [-0.39, 0.29) is 16.8 Å². The Labute approximate surface area is 161 Å². The zero-order valence-electron chi connectivity index (χ0n) is 12.6. The molecule has 2 aromatic carbocycles. The number of thiocarbonyl (C=S) groups is 1. The van der Waals surface area contributed by atoms with Gasteiger partial charge in [-0.3, -0.25) is 10.1 Å². The molecule has 1 amide bonds.